The van der Waals surface area contributed by atoms with Crippen molar-refractivity contribution in [2.24, 2.45) is 0 Å². The molecule has 0 saturated carbocycles. The van der Waals surface area contributed by atoms with Crippen LogP contribution < -0.4 is 9.47 Å². The number of benzene rings is 1. The van der Waals surface area contributed by atoms with Crippen LogP contribution in [0.15, 0.2) is 39.4 Å². The van der Waals surface area contributed by atoms with Crippen molar-refractivity contribution in [2.75, 3.05) is 27.8 Å². The predicted octanol–water partition coefficient (Wildman–Crippen LogP) is 3.76. The highest BCUT2D eigenvalue weighted by Gasteiger charge is 2.15. The van der Waals surface area contributed by atoms with Gasteiger partial charge in [0, 0.05) is 13.6 Å². The second-order valence-electron chi connectivity index (χ2n) is 5.12. The number of rotatable bonds is 7. The zero-order valence-corrected chi connectivity index (χ0v) is 15.1. The maximum atomic E-state index is 12.2. The van der Waals surface area contributed by atoms with E-state index in [0.717, 1.165) is 24.2 Å². The molecule has 23 heavy (non-hydrogen) atoms. The third-order valence-electron chi connectivity index (χ3n) is 3.54. The lowest BCUT2D eigenvalue weighted by Gasteiger charge is -2.16. The minimum Gasteiger partial charge on any atom is -0.493 e. The van der Waals surface area contributed by atoms with E-state index < -0.39 is 0 Å². The van der Waals surface area contributed by atoms with E-state index in [1.54, 1.807) is 38.3 Å². The normalized spacial score (nSPS) is 10.4. The van der Waals surface area contributed by atoms with Crippen molar-refractivity contribution >= 4 is 21.8 Å². The monoisotopic (exact) mass is 381 g/mol. The Bertz CT molecular complexity index is 668. The van der Waals surface area contributed by atoms with E-state index in [1.807, 2.05) is 18.2 Å². The summed E-state index contributed by atoms with van der Waals surface area (Å²) in [4.78, 5) is 13.8. The summed E-state index contributed by atoms with van der Waals surface area (Å²) in [6.45, 7) is 0.644. The molecule has 0 atom stereocenters. The molecule has 0 aliphatic carbocycles. The van der Waals surface area contributed by atoms with Crippen LogP contribution in [0.4, 0.5) is 0 Å². The molecule has 0 spiro atoms. The minimum atomic E-state index is -0.122. The first kappa shape index (κ1) is 17.4. The quantitative estimate of drug-likeness (QED) is 0.732. The topological polar surface area (TPSA) is 51.9 Å². The van der Waals surface area contributed by atoms with Crippen LogP contribution in [-0.2, 0) is 6.42 Å². The largest absolute Gasteiger partial charge is 0.493 e. The molecule has 124 valence electrons. The fraction of sp³-hybridized carbons (Fsp3) is 0.353. The lowest BCUT2D eigenvalue weighted by molar-refractivity contribution is 0.0760. The number of amides is 1. The Hall–Kier alpha value is -1.95. The number of nitrogens with zero attached hydrogens (tertiary/aromatic N) is 1. The van der Waals surface area contributed by atoms with E-state index in [-0.39, 0.29) is 5.91 Å². The fourth-order valence-electron chi connectivity index (χ4n) is 2.28. The number of carbonyl (C=O) groups excluding carboxylic acids is 1. The van der Waals surface area contributed by atoms with Crippen LogP contribution in [0.3, 0.4) is 0 Å². The molecule has 0 unspecified atom stereocenters. The summed E-state index contributed by atoms with van der Waals surface area (Å²) < 4.78 is 16.4. The number of halogens is 1. The summed E-state index contributed by atoms with van der Waals surface area (Å²) in [5.41, 5.74) is 1.14. The molecule has 2 aromatic rings. The van der Waals surface area contributed by atoms with Gasteiger partial charge in [-0.2, -0.15) is 0 Å². The molecule has 0 N–H and O–H groups in total. The zero-order chi connectivity index (χ0) is 16.8. The fourth-order valence-corrected chi connectivity index (χ4v) is 2.58. The number of methoxy groups -OCH3 is 2. The van der Waals surface area contributed by atoms with Crippen molar-refractivity contribution in [3.63, 3.8) is 0 Å². The average Bonchev–Trinajstić information content (AvgIpc) is 3.00. The van der Waals surface area contributed by atoms with Crippen LogP contribution in [0, 0.1) is 0 Å². The van der Waals surface area contributed by atoms with Gasteiger partial charge in [0.25, 0.3) is 5.91 Å². The number of carbonyl (C=O) groups is 1. The minimum absolute atomic E-state index is 0.122. The van der Waals surface area contributed by atoms with Crippen molar-refractivity contribution in [3.05, 3.63) is 46.3 Å². The maximum Gasteiger partial charge on any atom is 0.289 e. The molecule has 0 aliphatic rings. The first-order valence-corrected chi connectivity index (χ1v) is 8.06. The molecule has 6 heteroatoms. The Morgan fingerprint density at radius 3 is 2.52 bits per heavy atom. The molecule has 2 rings (SSSR count). The Morgan fingerprint density at radius 2 is 1.91 bits per heavy atom. The molecular weight excluding hydrogens is 362 g/mol. The molecule has 1 aromatic heterocycles. The van der Waals surface area contributed by atoms with Crippen LogP contribution in [0.5, 0.6) is 11.5 Å². The first-order chi connectivity index (χ1) is 11.0. The van der Waals surface area contributed by atoms with E-state index >= 15 is 0 Å². The average molecular weight is 382 g/mol. The van der Waals surface area contributed by atoms with E-state index in [0.29, 0.717) is 22.7 Å². The standard InChI is InChI=1S/C17H20BrNO4/c1-19(17(20)14-8-9-16(18)23-14)10-4-5-12-6-7-13(21-2)15(11-12)22-3/h6-9,11H,4-5,10H2,1-3H3. The molecule has 0 aliphatic heterocycles. The van der Waals surface area contributed by atoms with E-state index in [1.165, 1.54) is 0 Å². The van der Waals surface area contributed by atoms with Crippen LogP contribution in [0.2, 0.25) is 0 Å². The summed E-state index contributed by atoms with van der Waals surface area (Å²) in [5, 5.41) is 0. The number of hydrogen-bond donors (Lipinski definition) is 0. The Kier molecular flexibility index (Phi) is 6.10. The first-order valence-electron chi connectivity index (χ1n) is 7.27. The van der Waals surface area contributed by atoms with E-state index in [4.69, 9.17) is 13.9 Å². The highest BCUT2D eigenvalue weighted by Crippen LogP contribution is 2.28. The number of furan rings is 1. The third-order valence-corrected chi connectivity index (χ3v) is 3.96. The van der Waals surface area contributed by atoms with Crippen molar-refractivity contribution in [1.29, 1.82) is 0 Å². The van der Waals surface area contributed by atoms with Crippen molar-refractivity contribution in [1.82, 2.24) is 4.90 Å². The van der Waals surface area contributed by atoms with Crippen LogP contribution in [-0.4, -0.2) is 38.6 Å². The van der Waals surface area contributed by atoms with Crippen molar-refractivity contribution < 1.29 is 18.7 Å². The summed E-state index contributed by atoms with van der Waals surface area (Å²) >= 11 is 3.20. The van der Waals surface area contributed by atoms with E-state index in [2.05, 4.69) is 15.9 Å². The number of ether oxygens (including phenoxy) is 2. The lowest BCUT2D eigenvalue weighted by Crippen LogP contribution is -2.27. The molecule has 5 nitrogen and oxygen atoms in total. The van der Waals surface area contributed by atoms with Gasteiger partial charge in [0.15, 0.2) is 21.9 Å². The van der Waals surface area contributed by atoms with Crippen molar-refractivity contribution in [3.8, 4) is 11.5 Å². The van der Waals surface area contributed by atoms with Gasteiger partial charge in [0.1, 0.15) is 0 Å². The molecule has 1 heterocycles. The second-order valence-corrected chi connectivity index (χ2v) is 5.90. The Morgan fingerprint density at radius 1 is 1.17 bits per heavy atom. The molecule has 1 aromatic carbocycles. The summed E-state index contributed by atoms with van der Waals surface area (Å²) in [6, 6.07) is 9.24. The second kappa shape index (κ2) is 8.06. The molecular formula is C17H20BrNO4. The van der Waals surface area contributed by atoms with Gasteiger partial charge in [-0.05, 0) is 58.6 Å². The lowest BCUT2D eigenvalue weighted by atomic mass is 10.1. The third kappa shape index (κ3) is 4.51. The van der Waals surface area contributed by atoms with Gasteiger partial charge >= 0.3 is 0 Å². The smallest absolute Gasteiger partial charge is 0.289 e. The summed E-state index contributed by atoms with van der Waals surface area (Å²) in [7, 11) is 5.01. The number of aryl methyl sites for hydroxylation is 1. The van der Waals surface area contributed by atoms with Crippen LogP contribution in [0.1, 0.15) is 22.5 Å². The van der Waals surface area contributed by atoms with Crippen LogP contribution >= 0.6 is 15.9 Å². The molecule has 0 saturated heterocycles. The highest BCUT2D eigenvalue weighted by atomic mass is 79.9. The molecule has 0 radical (unpaired) electrons. The molecule has 1 amide bonds. The van der Waals surface area contributed by atoms with Gasteiger partial charge in [-0.25, -0.2) is 0 Å². The Labute approximate surface area is 144 Å². The van der Waals surface area contributed by atoms with Gasteiger partial charge in [0.2, 0.25) is 0 Å². The van der Waals surface area contributed by atoms with Gasteiger partial charge in [-0.1, -0.05) is 6.07 Å². The molecule has 0 fully saturated rings. The maximum absolute atomic E-state index is 12.2. The van der Waals surface area contributed by atoms with E-state index in [9.17, 15) is 4.79 Å². The summed E-state index contributed by atoms with van der Waals surface area (Å²) in [6.07, 6.45) is 1.69. The Balaban J connectivity index is 1.88. The van der Waals surface area contributed by atoms with Gasteiger partial charge in [0.05, 0.1) is 14.2 Å². The summed E-state index contributed by atoms with van der Waals surface area (Å²) in [5.74, 6) is 1.65. The van der Waals surface area contributed by atoms with Crippen LogP contribution in [0.25, 0.3) is 0 Å². The van der Waals surface area contributed by atoms with Crippen molar-refractivity contribution in [2.45, 2.75) is 12.8 Å². The highest BCUT2D eigenvalue weighted by molar-refractivity contribution is 9.10. The zero-order valence-electron chi connectivity index (χ0n) is 13.5. The van der Waals surface area contributed by atoms with Gasteiger partial charge < -0.3 is 18.8 Å². The number of hydrogen-bond acceptors (Lipinski definition) is 4. The SMILES string of the molecule is COc1ccc(CCCN(C)C(=O)c2ccc(Br)o2)cc1OC. The van der Waals surface area contributed by atoms with Gasteiger partial charge in [-0.15, -0.1) is 0 Å². The molecule has 0 bridgehead atoms. The predicted molar refractivity (Wildman–Crippen MR) is 91.2 cm³/mol. The van der Waals surface area contributed by atoms with Gasteiger partial charge in [-0.3, -0.25) is 4.79 Å².